The van der Waals surface area contributed by atoms with E-state index in [2.05, 4.69) is 25.9 Å². The summed E-state index contributed by atoms with van der Waals surface area (Å²) >= 11 is 7.41. The van der Waals surface area contributed by atoms with Crippen LogP contribution in [0.3, 0.4) is 0 Å². The van der Waals surface area contributed by atoms with Crippen molar-refractivity contribution in [3.05, 3.63) is 58.0 Å². The molecule has 0 radical (unpaired) electrons. The number of carbonyl (C=O) groups is 2. The average molecular weight is 445 g/mol. The number of thiophene rings is 1. The van der Waals surface area contributed by atoms with Gasteiger partial charge >= 0.3 is 6.03 Å². The topological polar surface area (TPSA) is 91.3 Å². The Hall–Kier alpha value is -2.88. The van der Waals surface area contributed by atoms with Crippen LogP contribution < -0.4 is 16.0 Å². The number of rotatable bonds is 5. The van der Waals surface area contributed by atoms with Crippen molar-refractivity contribution in [3.8, 4) is 5.69 Å². The zero-order valence-corrected chi connectivity index (χ0v) is 17.8. The first-order valence-corrected chi connectivity index (χ1v) is 10.7. The molecule has 3 amide bonds. The summed E-state index contributed by atoms with van der Waals surface area (Å²) in [7, 11) is 2.05. The van der Waals surface area contributed by atoms with E-state index >= 15 is 0 Å². The summed E-state index contributed by atoms with van der Waals surface area (Å²) in [5, 5.41) is 15.1. The molecular formula is C20H21ClN6O2S. The van der Waals surface area contributed by atoms with Gasteiger partial charge in [0.2, 0.25) is 0 Å². The second-order valence-corrected chi connectivity index (χ2v) is 8.44. The van der Waals surface area contributed by atoms with Gasteiger partial charge in [-0.05, 0) is 38.2 Å². The maximum atomic E-state index is 12.5. The molecule has 0 saturated carbocycles. The smallest absolute Gasteiger partial charge is 0.323 e. The molecule has 3 N–H and O–H groups in total. The maximum Gasteiger partial charge on any atom is 0.323 e. The van der Waals surface area contributed by atoms with Crippen LogP contribution in [0, 0.1) is 0 Å². The Morgan fingerprint density at radius 2 is 2.10 bits per heavy atom. The van der Waals surface area contributed by atoms with Crippen LogP contribution in [0.4, 0.5) is 16.2 Å². The Balaban J connectivity index is 1.36. The number of benzene rings is 1. The summed E-state index contributed by atoms with van der Waals surface area (Å²) in [5.41, 5.74) is 1.80. The summed E-state index contributed by atoms with van der Waals surface area (Å²) in [4.78, 5) is 27.5. The molecular weight excluding hydrogens is 424 g/mol. The van der Waals surface area contributed by atoms with Crippen LogP contribution >= 0.6 is 22.9 Å². The van der Waals surface area contributed by atoms with Crippen LogP contribution in [0.15, 0.2) is 48.1 Å². The molecule has 2 aromatic heterocycles. The molecule has 0 spiro atoms. The second-order valence-electron chi connectivity index (χ2n) is 7.12. The number of urea groups is 1. The lowest BCUT2D eigenvalue weighted by molar-refractivity contribution is 0.0942. The number of para-hydroxylation sites is 1. The van der Waals surface area contributed by atoms with Gasteiger partial charge in [-0.1, -0.05) is 23.7 Å². The van der Waals surface area contributed by atoms with E-state index in [1.165, 1.54) is 17.5 Å². The standard InChI is InChI=1S/C20H21ClN6O2S/c1-26-7-6-13(10-26)23-19(28)18-8-15(12-30-18)27-11-14(9-22-27)24-20(29)25-17-5-3-2-4-16(17)21/h2-5,8-9,11-13H,6-7,10H2,1H3,(H,23,28)(H2,24,25,29)/t13-/m0/s1. The van der Waals surface area contributed by atoms with Gasteiger partial charge in [0.05, 0.1) is 39.4 Å². The second kappa shape index (κ2) is 8.86. The van der Waals surface area contributed by atoms with Crippen LogP contribution in [0.5, 0.6) is 0 Å². The van der Waals surface area contributed by atoms with E-state index in [4.69, 9.17) is 11.6 Å². The normalized spacial score (nSPS) is 16.4. The van der Waals surface area contributed by atoms with Crippen LogP contribution in [-0.4, -0.2) is 52.8 Å². The molecule has 0 unspecified atom stereocenters. The highest BCUT2D eigenvalue weighted by Gasteiger charge is 2.22. The predicted molar refractivity (Wildman–Crippen MR) is 119 cm³/mol. The number of likely N-dealkylation sites (N-methyl/N-ethyl adjacent to an activating group) is 1. The third-order valence-corrected chi connectivity index (χ3v) is 6.01. The lowest BCUT2D eigenvalue weighted by Gasteiger charge is -2.11. The Labute approximate surface area is 182 Å². The van der Waals surface area contributed by atoms with Gasteiger partial charge in [-0.2, -0.15) is 5.10 Å². The first-order chi connectivity index (χ1) is 14.5. The molecule has 1 aliphatic rings. The molecule has 1 saturated heterocycles. The molecule has 30 heavy (non-hydrogen) atoms. The van der Waals surface area contributed by atoms with E-state index in [1.807, 2.05) is 12.4 Å². The zero-order valence-electron chi connectivity index (χ0n) is 16.3. The minimum Gasteiger partial charge on any atom is -0.347 e. The molecule has 8 nitrogen and oxygen atoms in total. The predicted octanol–water partition coefficient (Wildman–Crippen LogP) is 3.67. The van der Waals surface area contributed by atoms with Crippen molar-refractivity contribution in [3.63, 3.8) is 0 Å². The van der Waals surface area contributed by atoms with E-state index in [0.717, 1.165) is 25.2 Å². The number of amides is 3. The Kier molecular flexibility index (Phi) is 6.03. The Morgan fingerprint density at radius 1 is 1.27 bits per heavy atom. The number of halogens is 1. The molecule has 10 heteroatoms. The largest absolute Gasteiger partial charge is 0.347 e. The van der Waals surface area contributed by atoms with E-state index in [1.54, 1.807) is 41.2 Å². The fourth-order valence-electron chi connectivity index (χ4n) is 3.25. The lowest BCUT2D eigenvalue weighted by atomic mass is 10.2. The zero-order chi connectivity index (χ0) is 21.1. The summed E-state index contributed by atoms with van der Waals surface area (Å²) in [5.74, 6) is -0.0730. The fraction of sp³-hybridized carbons (Fsp3) is 0.250. The van der Waals surface area contributed by atoms with Crippen molar-refractivity contribution in [2.45, 2.75) is 12.5 Å². The quantitative estimate of drug-likeness (QED) is 0.560. The molecule has 1 aromatic carbocycles. The van der Waals surface area contributed by atoms with Crippen molar-refractivity contribution in [2.75, 3.05) is 30.8 Å². The van der Waals surface area contributed by atoms with Gasteiger partial charge in [0, 0.05) is 18.0 Å². The highest BCUT2D eigenvalue weighted by Crippen LogP contribution is 2.22. The first kappa shape index (κ1) is 20.4. The summed E-state index contributed by atoms with van der Waals surface area (Å²) < 4.78 is 1.61. The van der Waals surface area contributed by atoms with E-state index < -0.39 is 6.03 Å². The highest BCUT2D eigenvalue weighted by atomic mass is 35.5. The molecule has 1 atom stereocenters. The van der Waals surface area contributed by atoms with Gasteiger partial charge in [-0.15, -0.1) is 11.3 Å². The average Bonchev–Trinajstić information content (AvgIpc) is 3.44. The monoisotopic (exact) mass is 444 g/mol. The summed E-state index contributed by atoms with van der Waals surface area (Å²) in [6.45, 7) is 1.86. The van der Waals surface area contributed by atoms with Crippen molar-refractivity contribution in [1.29, 1.82) is 0 Å². The first-order valence-electron chi connectivity index (χ1n) is 9.43. The van der Waals surface area contributed by atoms with Crippen molar-refractivity contribution < 1.29 is 9.59 Å². The minimum atomic E-state index is -0.422. The van der Waals surface area contributed by atoms with Crippen LogP contribution in [0.25, 0.3) is 5.69 Å². The SMILES string of the molecule is CN1CC[C@H](NC(=O)c2cc(-n3cc(NC(=O)Nc4ccccc4Cl)cn3)cs2)C1. The Bertz CT molecular complexity index is 1070. The van der Waals surface area contributed by atoms with E-state index in [-0.39, 0.29) is 11.9 Å². The van der Waals surface area contributed by atoms with Crippen LogP contribution in [0.1, 0.15) is 16.1 Å². The highest BCUT2D eigenvalue weighted by molar-refractivity contribution is 7.12. The number of aromatic nitrogens is 2. The third-order valence-electron chi connectivity index (χ3n) is 4.76. The maximum absolute atomic E-state index is 12.5. The van der Waals surface area contributed by atoms with Crippen molar-refractivity contribution in [2.24, 2.45) is 0 Å². The number of carbonyl (C=O) groups excluding carboxylic acids is 2. The molecule has 0 bridgehead atoms. The van der Waals surface area contributed by atoms with Gasteiger partial charge < -0.3 is 20.9 Å². The molecule has 0 aliphatic carbocycles. The van der Waals surface area contributed by atoms with Gasteiger partial charge in [-0.3, -0.25) is 4.79 Å². The van der Waals surface area contributed by atoms with Crippen LogP contribution in [-0.2, 0) is 0 Å². The number of nitrogens with zero attached hydrogens (tertiary/aromatic N) is 3. The number of nitrogens with one attached hydrogen (secondary N) is 3. The van der Waals surface area contributed by atoms with Crippen molar-refractivity contribution in [1.82, 2.24) is 20.0 Å². The summed E-state index contributed by atoms with van der Waals surface area (Å²) in [6, 6.07) is 8.54. The van der Waals surface area contributed by atoms with E-state index in [9.17, 15) is 9.59 Å². The molecule has 3 aromatic rings. The minimum absolute atomic E-state index is 0.0730. The van der Waals surface area contributed by atoms with Gasteiger partial charge in [0.25, 0.3) is 5.91 Å². The lowest BCUT2D eigenvalue weighted by Crippen LogP contribution is -2.36. The molecule has 1 fully saturated rings. The number of hydrogen-bond acceptors (Lipinski definition) is 5. The molecule has 1 aliphatic heterocycles. The number of anilines is 2. The summed E-state index contributed by atoms with van der Waals surface area (Å²) in [6.07, 6.45) is 4.19. The third kappa shape index (κ3) is 4.81. The molecule has 4 rings (SSSR count). The molecule has 156 valence electrons. The Morgan fingerprint density at radius 3 is 2.87 bits per heavy atom. The van der Waals surface area contributed by atoms with Gasteiger partial charge in [0.15, 0.2) is 0 Å². The number of likely N-dealkylation sites (tertiary alicyclic amines) is 1. The number of hydrogen-bond donors (Lipinski definition) is 3. The van der Waals surface area contributed by atoms with Gasteiger partial charge in [0.1, 0.15) is 0 Å². The van der Waals surface area contributed by atoms with E-state index in [0.29, 0.717) is 21.3 Å². The van der Waals surface area contributed by atoms with Crippen LogP contribution in [0.2, 0.25) is 5.02 Å². The van der Waals surface area contributed by atoms with Crippen molar-refractivity contribution >= 4 is 46.3 Å². The molecule has 3 heterocycles. The van der Waals surface area contributed by atoms with Gasteiger partial charge in [-0.25, -0.2) is 9.48 Å². The fourth-order valence-corrected chi connectivity index (χ4v) is 4.21.